The van der Waals surface area contributed by atoms with E-state index in [1.807, 2.05) is 36.4 Å². The van der Waals surface area contributed by atoms with Crippen LogP contribution in [0.25, 0.3) is 0 Å². The first-order chi connectivity index (χ1) is 8.29. The van der Waals surface area contributed by atoms with E-state index in [0.717, 1.165) is 15.0 Å². The fourth-order valence-corrected chi connectivity index (χ4v) is 2.25. The summed E-state index contributed by atoms with van der Waals surface area (Å²) in [5, 5.41) is 0. The van der Waals surface area contributed by atoms with Crippen LogP contribution in [0.4, 0.5) is 5.69 Å². The molecule has 89 valence electrons. The van der Waals surface area contributed by atoms with Crippen LogP contribution in [0.2, 0.25) is 0 Å². The summed E-state index contributed by atoms with van der Waals surface area (Å²) in [6.45, 7) is 0.591. The molecule has 0 unspecified atom stereocenters. The van der Waals surface area contributed by atoms with E-state index in [1.54, 1.807) is 0 Å². The number of ether oxygens (including phenoxy) is 1. The van der Waals surface area contributed by atoms with Crippen LogP contribution in [-0.4, -0.2) is 0 Å². The Morgan fingerprint density at radius 3 is 2.53 bits per heavy atom. The fourth-order valence-electron chi connectivity index (χ4n) is 1.41. The monoisotopic (exact) mass is 380 g/mol. The summed E-state index contributed by atoms with van der Waals surface area (Å²) in [5.74, 6) is 0.897. The van der Waals surface area contributed by atoms with Crippen molar-refractivity contribution in [1.29, 1.82) is 0 Å². The maximum atomic E-state index is 5.77. The van der Waals surface area contributed by atoms with Crippen molar-refractivity contribution in [2.24, 2.45) is 0 Å². The van der Waals surface area contributed by atoms with Gasteiger partial charge in [0, 0.05) is 0 Å². The minimum absolute atomic E-state index is 0.591. The predicted octanol–water partition coefficient (Wildman–Crippen LogP) is 3.74. The quantitative estimate of drug-likeness (QED) is 0.645. The van der Waals surface area contributed by atoms with Gasteiger partial charge >= 0.3 is 124 Å². The van der Waals surface area contributed by atoms with Crippen molar-refractivity contribution in [2.45, 2.75) is 6.61 Å². The van der Waals surface area contributed by atoms with E-state index in [2.05, 4.69) is 55.3 Å². The van der Waals surface area contributed by atoms with Crippen LogP contribution in [0.3, 0.4) is 0 Å². The zero-order chi connectivity index (χ0) is 12.1. The van der Waals surface area contributed by atoms with Crippen molar-refractivity contribution in [3.63, 3.8) is 0 Å². The van der Waals surface area contributed by atoms with E-state index in [9.17, 15) is 0 Å². The Bertz CT molecular complexity index is 490. The average molecular weight is 380 g/mol. The molecule has 0 atom stereocenters. The molecule has 0 aliphatic carbocycles. The number of hydrogen-bond acceptors (Lipinski definition) is 2. The van der Waals surface area contributed by atoms with E-state index in [1.165, 1.54) is 5.56 Å². The molecule has 0 amide bonds. The third kappa shape index (κ3) is 3.63. The number of hydrogen-bond donors (Lipinski definition) is 1. The second-order valence-electron chi connectivity index (χ2n) is 3.51. The maximum absolute atomic E-state index is 5.77. The summed E-state index contributed by atoms with van der Waals surface area (Å²) in [7, 11) is 0. The summed E-state index contributed by atoms with van der Waals surface area (Å²) in [5.41, 5.74) is 2.16. The Morgan fingerprint density at radius 1 is 1.12 bits per heavy atom. The Balaban J connectivity index is 2.04. The molecule has 2 rings (SSSR count). The molecule has 2 aromatic carbocycles. The van der Waals surface area contributed by atoms with Crippen LogP contribution in [-0.2, 0) is 22.8 Å². The molecular weight excluding hydrogens is 369 g/mol. The van der Waals surface area contributed by atoms with Crippen molar-refractivity contribution in [2.75, 3.05) is 4.33 Å². The molecule has 2 aromatic rings. The molecule has 0 saturated heterocycles. The molecule has 0 bridgehead atoms. The normalized spacial score (nSPS) is 10.0. The van der Waals surface area contributed by atoms with Crippen LogP contribution < -0.4 is 9.07 Å². The van der Waals surface area contributed by atoms with Crippen LogP contribution >= 0.6 is 22.6 Å². The number of anilines is 1. The van der Waals surface area contributed by atoms with Crippen LogP contribution in [0.1, 0.15) is 5.56 Å². The third-order valence-corrected chi connectivity index (χ3v) is 3.43. The Labute approximate surface area is 123 Å². The summed E-state index contributed by atoms with van der Waals surface area (Å²) in [6.07, 6.45) is 0. The summed E-state index contributed by atoms with van der Waals surface area (Å²) in [6, 6.07) is 16.1. The Kier molecular flexibility index (Phi) is 4.71. The van der Waals surface area contributed by atoms with Gasteiger partial charge in [-0.15, -0.1) is 0 Å². The topological polar surface area (TPSA) is 21.3 Å². The van der Waals surface area contributed by atoms with Gasteiger partial charge in [-0.1, -0.05) is 0 Å². The average Bonchev–Trinajstić information content (AvgIpc) is 2.38. The molecule has 0 saturated carbocycles. The van der Waals surface area contributed by atoms with E-state index < -0.39 is 0 Å². The molecule has 0 spiro atoms. The van der Waals surface area contributed by atoms with Gasteiger partial charge in [0.25, 0.3) is 0 Å². The molecule has 17 heavy (non-hydrogen) atoms. The van der Waals surface area contributed by atoms with Crippen LogP contribution in [0, 0.1) is 3.57 Å². The van der Waals surface area contributed by atoms with Crippen molar-refractivity contribution in [3.8, 4) is 5.75 Å². The minimum atomic E-state index is 0.591. The van der Waals surface area contributed by atoms with Gasteiger partial charge < -0.3 is 0 Å². The van der Waals surface area contributed by atoms with Crippen molar-refractivity contribution in [3.05, 3.63) is 57.7 Å². The van der Waals surface area contributed by atoms with E-state index in [4.69, 9.17) is 4.74 Å². The van der Waals surface area contributed by atoms with Crippen molar-refractivity contribution < 1.29 is 21.0 Å². The van der Waals surface area contributed by atoms with Crippen molar-refractivity contribution in [1.82, 2.24) is 0 Å². The first-order valence-electron chi connectivity index (χ1n) is 5.11. The number of nitrogens with one attached hydrogen (secondary N) is 1. The Hall–Kier alpha value is -0.711. The van der Waals surface area contributed by atoms with Gasteiger partial charge in [-0.25, -0.2) is 0 Å². The van der Waals surface area contributed by atoms with Gasteiger partial charge in [-0.2, -0.15) is 0 Å². The SMILES string of the molecule is [Fe][NH]c1ccc(OCc2ccccc2)c(I)c1. The van der Waals surface area contributed by atoms with Gasteiger partial charge in [0.1, 0.15) is 0 Å². The van der Waals surface area contributed by atoms with Crippen LogP contribution in [0.15, 0.2) is 48.5 Å². The molecule has 4 heteroatoms. The Morgan fingerprint density at radius 2 is 1.88 bits per heavy atom. The van der Waals surface area contributed by atoms with Gasteiger partial charge in [0.2, 0.25) is 0 Å². The second kappa shape index (κ2) is 6.28. The zero-order valence-corrected chi connectivity index (χ0v) is 12.2. The van der Waals surface area contributed by atoms with E-state index >= 15 is 0 Å². The molecule has 0 fully saturated rings. The van der Waals surface area contributed by atoms with Crippen LogP contribution in [0.5, 0.6) is 5.75 Å². The molecule has 0 aliphatic heterocycles. The standard InChI is InChI=1S/C13H11INO.Fe/c14-12-8-11(15)6-7-13(12)16-9-10-4-2-1-3-5-10;/h1-8,15H,9H2;/q-1;+1. The number of halogens is 1. The summed E-state index contributed by atoms with van der Waals surface area (Å²) >= 11 is 5.89. The number of rotatable bonds is 4. The summed E-state index contributed by atoms with van der Waals surface area (Å²) in [4.78, 5) is 0. The molecule has 0 heterocycles. The fraction of sp³-hybridized carbons (Fsp3) is 0.0769. The molecule has 0 radical (unpaired) electrons. The second-order valence-corrected chi connectivity index (χ2v) is 4.95. The molecule has 0 aliphatic rings. The zero-order valence-electron chi connectivity index (χ0n) is 8.97. The first-order valence-corrected chi connectivity index (χ1v) is 6.74. The van der Waals surface area contributed by atoms with Gasteiger partial charge in [-0.3, -0.25) is 0 Å². The van der Waals surface area contributed by atoms with Gasteiger partial charge in [-0.05, 0) is 0 Å². The molecular formula is C13H11FeINO. The molecule has 1 N–H and O–H groups in total. The molecule has 0 aromatic heterocycles. The first kappa shape index (κ1) is 12.7. The van der Waals surface area contributed by atoms with Gasteiger partial charge in [0.15, 0.2) is 0 Å². The molecule has 2 nitrogen and oxygen atoms in total. The summed E-state index contributed by atoms with van der Waals surface area (Å²) < 4.78 is 9.70. The van der Waals surface area contributed by atoms with E-state index in [-0.39, 0.29) is 0 Å². The van der Waals surface area contributed by atoms with Gasteiger partial charge in [0.05, 0.1) is 0 Å². The van der Waals surface area contributed by atoms with Crippen molar-refractivity contribution >= 4 is 28.3 Å². The van der Waals surface area contributed by atoms with E-state index in [0.29, 0.717) is 6.61 Å². The third-order valence-electron chi connectivity index (χ3n) is 2.27. The predicted molar refractivity (Wildman–Crippen MR) is 73.6 cm³/mol. The number of benzene rings is 2.